The van der Waals surface area contributed by atoms with E-state index in [9.17, 15) is 5.11 Å². The van der Waals surface area contributed by atoms with Crippen LogP contribution in [-0.4, -0.2) is 25.6 Å². The van der Waals surface area contributed by atoms with Gasteiger partial charge in [0.1, 0.15) is 0 Å². The maximum absolute atomic E-state index is 10.6. The van der Waals surface area contributed by atoms with Gasteiger partial charge in [0, 0.05) is 0 Å². The van der Waals surface area contributed by atoms with Crippen LogP contribution in [0.25, 0.3) is 0 Å². The topological polar surface area (TPSA) is 29.5 Å². The third-order valence-corrected chi connectivity index (χ3v) is 10.4. The molecule has 0 bridgehead atoms. The Kier molecular flexibility index (Phi) is 4.45. The second kappa shape index (κ2) is 6.14. The molecule has 1 N–H and O–H groups in total. The Morgan fingerprint density at radius 2 is 1.42 bits per heavy atom. The van der Waals surface area contributed by atoms with Crippen molar-refractivity contribution in [2.45, 2.75) is 44.8 Å². The molecule has 24 heavy (non-hydrogen) atoms. The molecule has 3 rings (SSSR count). The molecule has 2 atom stereocenters. The van der Waals surface area contributed by atoms with Crippen molar-refractivity contribution in [2.75, 3.05) is 6.61 Å². The number of rotatable bonds is 5. The summed E-state index contributed by atoms with van der Waals surface area (Å²) in [6.07, 6.45) is 0.838. The largest absolute Gasteiger partial charge is 0.404 e. The van der Waals surface area contributed by atoms with Crippen LogP contribution in [0.15, 0.2) is 60.7 Å². The molecular weight excluding hydrogens is 312 g/mol. The van der Waals surface area contributed by atoms with E-state index in [0.717, 1.165) is 6.42 Å². The molecule has 1 aliphatic carbocycles. The van der Waals surface area contributed by atoms with Gasteiger partial charge in [0.2, 0.25) is 0 Å². The molecule has 0 aliphatic heterocycles. The van der Waals surface area contributed by atoms with Crippen molar-refractivity contribution in [3.63, 3.8) is 0 Å². The lowest BCUT2D eigenvalue weighted by molar-refractivity contribution is 0.0686. The van der Waals surface area contributed by atoms with Gasteiger partial charge in [0.25, 0.3) is 8.32 Å². The van der Waals surface area contributed by atoms with Gasteiger partial charge in [-0.05, 0) is 27.8 Å². The van der Waals surface area contributed by atoms with Crippen molar-refractivity contribution in [1.29, 1.82) is 0 Å². The molecule has 0 amide bonds. The highest BCUT2D eigenvalue weighted by Crippen LogP contribution is 2.45. The van der Waals surface area contributed by atoms with Gasteiger partial charge in [-0.3, -0.25) is 0 Å². The van der Waals surface area contributed by atoms with Gasteiger partial charge < -0.3 is 9.53 Å². The van der Waals surface area contributed by atoms with Crippen LogP contribution in [0.5, 0.6) is 0 Å². The van der Waals surface area contributed by atoms with E-state index < -0.39 is 13.9 Å². The molecule has 128 valence electrons. The van der Waals surface area contributed by atoms with Crippen LogP contribution in [0.4, 0.5) is 0 Å². The second-order valence-electron chi connectivity index (χ2n) is 8.16. The van der Waals surface area contributed by atoms with Crippen molar-refractivity contribution in [1.82, 2.24) is 0 Å². The Bertz CT molecular complexity index is 638. The zero-order valence-corrected chi connectivity index (χ0v) is 16.1. The molecule has 2 unspecified atom stereocenters. The summed E-state index contributed by atoms with van der Waals surface area (Å²) in [4.78, 5) is 0. The Morgan fingerprint density at radius 3 is 1.75 bits per heavy atom. The van der Waals surface area contributed by atoms with Crippen molar-refractivity contribution < 1.29 is 9.53 Å². The highest BCUT2D eigenvalue weighted by atomic mass is 28.4. The second-order valence-corrected chi connectivity index (χ2v) is 12.5. The fraction of sp³-hybridized carbons (Fsp3) is 0.429. The molecule has 1 aliphatic rings. The van der Waals surface area contributed by atoms with E-state index in [1.54, 1.807) is 0 Å². The first-order valence-electron chi connectivity index (χ1n) is 8.77. The lowest BCUT2D eigenvalue weighted by Gasteiger charge is -2.43. The number of aliphatic hydroxyl groups is 1. The highest BCUT2D eigenvalue weighted by molar-refractivity contribution is 6.99. The normalized spacial score (nSPS) is 24.0. The van der Waals surface area contributed by atoms with Gasteiger partial charge in [-0.2, -0.15) is 0 Å². The summed E-state index contributed by atoms with van der Waals surface area (Å²) >= 11 is 0. The SMILES string of the molecule is CC1CC1(O)CO[Si](c1ccccc1)(c1ccccc1)C(C)(C)C. The first-order chi connectivity index (χ1) is 11.3. The Labute approximate surface area is 146 Å². The average molecular weight is 341 g/mol. The molecule has 2 aromatic rings. The summed E-state index contributed by atoms with van der Waals surface area (Å²) in [7, 11) is -2.51. The number of hydrogen-bond acceptors (Lipinski definition) is 2. The predicted octanol–water partition coefficient (Wildman–Crippen LogP) is 3.33. The minimum absolute atomic E-state index is 0.0375. The van der Waals surface area contributed by atoms with Crippen LogP contribution in [0.2, 0.25) is 5.04 Å². The van der Waals surface area contributed by atoms with Crippen LogP contribution >= 0.6 is 0 Å². The highest BCUT2D eigenvalue weighted by Gasteiger charge is 2.55. The van der Waals surface area contributed by atoms with Crippen LogP contribution in [0.3, 0.4) is 0 Å². The van der Waals surface area contributed by atoms with Crippen LogP contribution in [0.1, 0.15) is 34.1 Å². The zero-order chi connectivity index (χ0) is 17.4. The lowest BCUT2D eigenvalue weighted by atomic mass is 10.2. The first kappa shape index (κ1) is 17.4. The molecule has 3 heteroatoms. The summed E-state index contributed by atoms with van der Waals surface area (Å²) < 4.78 is 6.75. The number of benzene rings is 2. The molecule has 1 saturated carbocycles. The third kappa shape index (κ3) is 2.96. The van der Waals surface area contributed by atoms with Gasteiger partial charge in [0.15, 0.2) is 0 Å². The van der Waals surface area contributed by atoms with Crippen molar-refractivity contribution >= 4 is 18.7 Å². The van der Waals surface area contributed by atoms with Crippen LogP contribution < -0.4 is 10.4 Å². The smallest absolute Gasteiger partial charge is 0.261 e. The van der Waals surface area contributed by atoms with Crippen molar-refractivity contribution in [3.8, 4) is 0 Å². The minimum atomic E-state index is -2.51. The van der Waals surface area contributed by atoms with Crippen LogP contribution in [-0.2, 0) is 4.43 Å². The van der Waals surface area contributed by atoms with Gasteiger partial charge >= 0.3 is 0 Å². The molecule has 1 fully saturated rings. The Morgan fingerprint density at radius 1 is 1.00 bits per heavy atom. The van der Waals surface area contributed by atoms with E-state index >= 15 is 0 Å². The zero-order valence-electron chi connectivity index (χ0n) is 15.1. The summed E-state index contributed by atoms with van der Waals surface area (Å²) in [6, 6.07) is 21.2. The Hall–Kier alpha value is -1.42. The lowest BCUT2D eigenvalue weighted by Crippen LogP contribution is -2.67. The summed E-state index contributed by atoms with van der Waals surface area (Å²) in [5.74, 6) is 0.329. The maximum atomic E-state index is 10.6. The fourth-order valence-electron chi connectivity index (χ4n) is 3.67. The molecule has 0 radical (unpaired) electrons. The predicted molar refractivity (Wildman–Crippen MR) is 102 cm³/mol. The van der Waals surface area contributed by atoms with Crippen molar-refractivity contribution in [2.24, 2.45) is 5.92 Å². The first-order valence-corrected chi connectivity index (χ1v) is 10.7. The van der Waals surface area contributed by atoms with Gasteiger partial charge in [-0.15, -0.1) is 0 Å². The molecule has 0 heterocycles. The molecule has 0 saturated heterocycles. The van der Waals surface area contributed by atoms with Crippen LogP contribution in [0, 0.1) is 5.92 Å². The standard InChI is InChI=1S/C21H28O2Si/c1-17-15-21(17,22)16-23-24(20(2,3)4,18-11-7-5-8-12-18)19-13-9-6-10-14-19/h5-14,17,22H,15-16H2,1-4H3. The van der Waals surface area contributed by atoms with Gasteiger partial charge in [0.05, 0.1) is 12.2 Å². The monoisotopic (exact) mass is 340 g/mol. The molecule has 2 aromatic carbocycles. The maximum Gasteiger partial charge on any atom is 0.261 e. The summed E-state index contributed by atoms with van der Waals surface area (Å²) in [5, 5.41) is 13.1. The Balaban J connectivity index is 2.10. The van der Waals surface area contributed by atoms with Crippen molar-refractivity contribution in [3.05, 3.63) is 60.7 Å². The van der Waals surface area contributed by atoms with Gasteiger partial charge in [-0.1, -0.05) is 88.4 Å². The molecule has 0 aromatic heterocycles. The van der Waals surface area contributed by atoms with E-state index in [0.29, 0.717) is 12.5 Å². The fourth-order valence-corrected chi connectivity index (χ4v) is 8.29. The minimum Gasteiger partial charge on any atom is -0.404 e. The average Bonchev–Trinajstić information content (AvgIpc) is 3.16. The number of hydrogen-bond donors (Lipinski definition) is 1. The van der Waals surface area contributed by atoms with E-state index in [1.165, 1.54) is 10.4 Å². The summed E-state index contributed by atoms with van der Waals surface area (Å²) in [6.45, 7) is 9.30. The third-order valence-electron chi connectivity index (χ3n) is 5.37. The van der Waals surface area contributed by atoms with Gasteiger partial charge in [-0.25, -0.2) is 0 Å². The quantitative estimate of drug-likeness (QED) is 0.846. The van der Waals surface area contributed by atoms with E-state index in [4.69, 9.17) is 4.43 Å². The van der Waals surface area contributed by atoms with E-state index in [2.05, 4.69) is 76.2 Å². The molecule has 2 nitrogen and oxygen atoms in total. The summed E-state index contributed by atoms with van der Waals surface area (Å²) in [5.41, 5.74) is -0.646. The van der Waals surface area contributed by atoms with E-state index in [-0.39, 0.29) is 5.04 Å². The molecular formula is C21H28O2Si. The molecule has 0 spiro atoms. The van der Waals surface area contributed by atoms with E-state index in [1.807, 2.05) is 12.1 Å².